The lowest BCUT2D eigenvalue weighted by molar-refractivity contribution is 0.395. The van der Waals surface area contributed by atoms with Gasteiger partial charge in [-0.15, -0.1) is 0 Å². The third-order valence-corrected chi connectivity index (χ3v) is 2.39. The first-order valence-electron chi connectivity index (χ1n) is 4.83. The number of hydrogen-bond acceptors (Lipinski definition) is 3. The van der Waals surface area contributed by atoms with E-state index >= 15 is 0 Å². The molecule has 0 aliphatic heterocycles. The molecule has 1 aromatic rings. The monoisotopic (exact) mass is 194 g/mol. The molecule has 0 amide bonds. The molecule has 0 bridgehead atoms. The van der Waals surface area contributed by atoms with Crippen LogP contribution in [0.5, 0.6) is 5.88 Å². The Morgan fingerprint density at radius 2 is 2.00 bits per heavy atom. The van der Waals surface area contributed by atoms with E-state index in [1.165, 1.54) is 0 Å². The van der Waals surface area contributed by atoms with Crippen molar-refractivity contribution in [2.24, 2.45) is 11.7 Å². The summed E-state index contributed by atoms with van der Waals surface area (Å²) in [6.45, 7) is 6.17. The zero-order valence-electron chi connectivity index (χ0n) is 9.24. The minimum Gasteiger partial charge on any atom is -0.481 e. The van der Waals surface area contributed by atoms with Crippen molar-refractivity contribution in [3.63, 3.8) is 0 Å². The summed E-state index contributed by atoms with van der Waals surface area (Å²) in [5.41, 5.74) is 8.10. The third-order valence-electron chi connectivity index (χ3n) is 2.39. The second kappa shape index (κ2) is 4.42. The van der Waals surface area contributed by atoms with E-state index in [1.807, 2.05) is 19.1 Å². The van der Waals surface area contributed by atoms with Gasteiger partial charge in [0.25, 0.3) is 0 Å². The van der Waals surface area contributed by atoms with Crippen LogP contribution in [-0.4, -0.2) is 12.1 Å². The van der Waals surface area contributed by atoms with Crippen LogP contribution >= 0.6 is 0 Å². The van der Waals surface area contributed by atoms with Crippen LogP contribution in [0.3, 0.4) is 0 Å². The molecule has 1 aromatic heterocycles. The molecular weight excluding hydrogens is 176 g/mol. The van der Waals surface area contributed by atoms with Gasteiger partial charge in [-0.05, 0) is 18.4 Å². The molecule has 3 heteroatoms. The predicted molar refractivity (Wildman–Crippen MR) is 57.3 cm³/mol. The van der Waals surface area contributed by atoms with E-state index in [-0.39, 0.29) is 6.04 Å². The van der Waals surface area contributed by atoms with E-state index < -0.39 is 0 Å². The first-order chi connectivity index (χ1) is 6.56. The van der Waals surface area contributed by atoms with Crippen molar-refractivity contribution in [2.45, 2.75) is 26.8 Å². The largest absolute Gasteiger partial charge is 0.481 e. The predicted octanol–water partition coefficient (Wildman–Crippen LogP) is 2.05. The van der Waals surface area contributed by atoms with Crippen molar-refractivity contribution >= 4 is 0 Å². The molecule has 1 rings (SSSR count). The Morgan fingerprint density at radius 3 is 2.43 bits per heavy atom. The Hall–Kier alpha value is -1.09. The normalized spacial score (nSPS) is 13.0. The van der Waals surface area contributed by atoms with E-state index in [9.17, 15) is 0 Å². The van der Waals surface area contributed by atoms with Gasteiger partial charge in [-0.3, -0.25) is 0 Å². The van der Waals surface area contributed by atoms with Gasteiger partial charge in [-0.25, -0.2) is 4.98 Å². The maximum Gasteiger partial charge on any atom is 0.213 e. The number of nitrogens with two attached hydrogens (primary N) is 1. The number of nitrogens with zero attached hydrogens (tertiary/aromatic N) is 1. The summed E-state index contributed by atoms with van der Waals surface area (Å²) in [5.74, 6) is 1.06. The molecular formula is C11H18N2O. The summed E-state index contributed by atoms with van der Waals surface area (Å²) >= 11 is 0. The molecule has 78 valence electrons. The lowest BCUT2D eigenvalue weighted by atomic mass is 9.96. The van der Waals surface area contributed by atoms with E-state index in [4.69, 9.17) is 10.5 Å². The van der Waals surface area contributed by atoms with Gasteiger partial charge in [0.1, 0.15) is 0 Å². The highest BCUT2D eigenvalue weighted by molar-refractivity contribution is 5.27. The Balaban J connectivity index is 2.99. The fourth-order valence-corrected chi connectivity index (χ4v) is 1.37. The lowest BCUT2D eigenvalue weighted by Crippen LogP contribution is -2.18. The van der Waals surface area contributed by atoms with Crippen molar-refractivity contribution in [1.82, 2.24) is 4.98 Å². The molecule has 0 spiro atoms. The second-order valence-corrected chi connectivity index (χ2v) is 3.80. The van der Waals surface area contributed by atoms with Crippen LogP contribution in [0.4, 0.5) is 0 Å². The highest BCUT2D eigenvalue weighted by Crippen LogP contribution is 2.22. The van der Waals surface area contributed by atoms with Crippen LogP contribution in [0.25, 0.3) is 0 Å². The van der Waals surface area contributed by atoms with E-state index in [0.717, 1.165) is 11.3 Å². The van der Waals surface area contributed by atoms with Crippen LogP contribution in [0.1, 0.15) is 31.1 Å². The number of ether oxygens (including phenoxy) is 1. The quantitative estimate of drug-likeness (QED) is 0.801. The molecule has 0 aromatic carbocycles. The fourth-order valence-electron chi connectivity index (χ4n) is 1.37. The maximum absolute atomic E-state index is 6.05. The average Bonchev–Trinajstić information content (AvgIpc) is 2.16. The number of hydrogen-bond donors (Lipinski definition) is 1. The summed E-state index contributed by atoms with van der Waals surface area (Å²) in [5, 5.41) is 0. The minimum atomic E-state index is 0.0495. The summed E-state index contributed by atoms with van der Waals surface area (Å²) in [6.07, 6.45) is 0. The molecule has 14 heavy (non-hydrogen) atoms. The maximum atomic E-state index is 6.05. The zero-order chi connectivity index (χ0) is 10.7. The zero-order valence-corrected chi connectivity index (χ0v) is 9.24. The fraction of sp³-hybridized carbons (Fsp3) is 0.545. The van der Waals surface area contributed by atoms with Crippen molar-refractivity contribution in [3.8, 4) is 5.88 Å². The molecule has 0 aliphatic rings. The highest BCUT2D eigenvalue weighted by atomic mass is 16.5. The van der Waals surface area contributed by atoms with Crippen LogP contribution in [0, 0.1) is 12.8 Å². The number of pyridine rings is 1. The van der Waals surface area contributed by atoms with E-state index in [0.29, 0.717) is 11.8 Å². The van der Waals surface area contributed by atoms with Crippen molar-refractivity contribution in [3.05, 3.63) is 23.4 Å². The van der Waals surface area contributed by atoms with Crippen molar-refractivity contribution in [1.29, 1.82) is 0 Å². The number of methoxy groups -OCH3 is 1. The van der Waals surface area contributed by atoms with Crippen molar-refractivity contribution in [2.75, 3.05) is 7.11 Å². The van der Waals surface area contributed by atoms with Crippen LogP contribution < -0.4 is 10.5 Å². The molecule has 1 heterocycles. The standard InChI is InChI=1S/C11H18N2O/c1-7(2)11(12)9-5-6-10(14-4)13-8(9)3/h5-7,11H,12H2,1-4H3. The third kappa shape index (κ3) is 2.23. The number of rotatable bonds is 3. The Morgan fingerprint density at radius 1 is 1.36 bits per heavy atom. The second-order valence-electron chi connectivity index (χ2n) is 3.80. The average molecular weight is 194 g/mol. The van der Waals surface area contributed by atoms with Gasteiger partial charge >= 0.3 is 0 Å². The lowest BCUT2D eigenvalue weighted by Gasteiger charge is -2.17. The van der Waals surface area contributed by atoms with E-state index in [1.54, 1.807) is 7.11 Å². The number of aryl methyl sites for hydroxylation is 1. The smallest absolute Gasteiger partial charge is 0.213 e. The Bertz CT molecular complexity index is 310. The molecule has 0 saturated heterocycles. The molecule has 0 saturated carbocycles. The molecule has 0 fully saturated rings. The first-order valence-corrected chi connectivity index (χ1v) is 4.83. The topological polar surface area (TPSA) is 48.1 Å². The van der Waals surface area contributed by atoms with Gasteiger partial charge in [0.15, 0.2) is 0 Å². The highest BCUT2D eigenvalue weighted by Gasteiger charge is 2.13. The van der Waals surface area contributed by atoms with Crippen LogP contribution in [-0.2, 0) is 0 Å². The Kier molecular flexibility index (Phi) is 3.47. The summed E-state index contributed by atoms with van der Waals surface area (Å²) in [7, 11) is 1.61. The van der Waals surface area contributed by atoms with Gasteiger partial charge < -0.3 is 10.5 Å². The molecule has 0 radical (unpaired) electrons. The molecule has 0 aliphatic carbocycles. The first kappa shape index (κ1) is 11.0. The van der Waals surface area contributed by atoms with Crippen LogP contribution in [0.15, 0.2) is 12.1 Å². The summed E-state index contributed by atoms with van der Waals surface area (Å²) in [4.78, 5) is 4.29. The van der Waals surface area contributed by atoms with Gasteiger partial charge in [-0.1, -0.05) is 19.9 Å². The molecule has 2 N–H and O–H groups in total. The van der Waals surface area contributed by atoms with Crippen molar-refractivity contribution < 1.29 is 4.74 Å². The van der Waals surface area contributed by atoms with Crippen LogP contribution in [0.2, 0.25) is 0 Å². The molecule has 3 nitrogen and oxygen atoms in total. The van der Waals surface area contributed by atoms with Gasteiger partial charge in [0.05, 0.1) is 7.11 Å². The van der Waals surface area contributed by atoms with Gasteiger partial charge in [-0.2, -0.15) is 0 Å². The molecule has 1 unspecified atom stereocenters. The van der Waals surface area contributed by atoms with Gasteiger partial charge in [0.2, 0.25) is 5.88 Å². The number of aromatic nitrogens is 1. The summed E-state index contributed by atoms with van der Waals surface area (Å²) in [6, 6.07) is 3.89. The SMILES string of the molecule is COc1ccc(C(N)C(C)C)c(C)n1. The van der Waals surface area contributed by atoms with Gasteiger partial charge in [0, 0.05) is 17.8 Å². The minimum absolute atomic E-state index is 0.0495. The van der Waals surface area contributed by atoms with E-state index in [2.05, 4.69) is 18.8 Å². The molecule has 1 atom stereocenters. The summed E-state index contributed by atoms with van der Waals surface area (Å²) < 4.78 is 5.04. The Labute approximate surface area is 85.3 Å².